The third-order valence-corrected chi connectivity index (χ3v) is 7.31. The van der Waals surface area contributed by atoms with Crippen molar-refractivity contribution in [3.63, 3.8) is 0 Å². The largest absolute Gasteiger partial charge is 0.512 e. The predicted molar refractivity (Wildman–Crippen MR) is 176 cm³/mol. The molecular formula is C39H31F3IrNO2-. The van der Waals surface area contributed by atoms with Gasteiger partial charge in [0.15, 0.2) is 5.78 Å². The van der Waals surface area contributed by atoms with Crippen molar-refractivity contribution in [2.75, 3.05) is 0 Å². The molecule has 0 saturated carbocycles. The number of rotatable bonds is 4. The number of aromatic nitrogens is 1. The van der Waals surface area contributed by atoms with E-state index in [1.807, 2.05) is 92.7 Å². The predicted octanol–water partition coefficient (Wildman–Crippen LogP) is 10.9. The number of pyridine rings is 1. The molecular weight excluding hydrogens is 764 g/mol. The summed E-state index contributed by atoms with van der Waals surface area (Å²) >= 11 is 0. The summed E-state index contributed by atoms with van der Waals surface area (Å²) in [5.41, 5.74) is 6.51. The van der Waals surface area contributed by atoms with Gasteiger partial charge in [-0.2, -0.15) is 13.2 Å². The van der Waals surface area contributed by atoms with Gasteiger partial charge in [-0.15, -0.1) is 34.9 Å². The molecule has 3 nitrogen and oxygen atoms in total. The summed E-state index contributed by atoms with van der Waals surface area (Å²) in [4.78, 5) is 14.7. The number of aryl methyl sites for hydroxylation is 2. The Hall–Kier alpha value is -4.58. The van der Waals surface area contributed by atoms with E-state index in [0.717, 1.165) is 61.2 Å². The van der Waals surface area contributed by atoms with Crippen LogP contribution < -0.4 is 0 Å². The van der Waals surface area contributed by atoms with Crippen LogP contribution in [0.4, 0.5) is 13.2 Å². The Morgan fingerprint density at radius 1 is 0.804 bits per heavy atom. The molecule has 0 amide bonds. The van der Waals surface area contributed by atoms with Crippen LogP contribution in [0, 0.1) is 19.9 Å². The molecule has 1 heterocycles. The number of fused-ring (bicyclic) bond motifs is 3. The van der Waals surface area contributed by atoms with Crippen LogP contribution in [0.3, 0.4) is 0 Å². The molecule has 0 atom stereocenters. The van der Waals surface area contributed by atoms with Crippen molar-refractivity contribution in [1.82, 2.24) is 4.98 Å². The molecule has 0 fully saturated rings. The Bertz CT molecular complexity index is 2040. The van der Waals surface area contributed by atoms with E-state index < -0.39 is 11.7 Å². The Morgan fingerprint density at radius 3 is 2.09 bits per heavy atom. The maximum Gasteiger partial charge on any atom is 0.416 e. The molecule has 0 saturated heterocycles. The number of carbonyl (C=O) groups is 1. The van der Waals surface area contributed by atoms with E-state index in [0.29, 0.717) is 11.1 Å². The second-order valence-electron chi connectivity index (χ2n) is 11.0. The number of alkyl halides is 3. The van der Waals surface area contributed by atoms with Crippen molar-refractivity contribution in [2.24, 2.45) is 0 Å². The summed E-state index contributed by atoms with van der Waals surface area (Å²) in [7, 11) is 0. The summed E-state index contributed by atoms with van der Waals surface area (Å²) in [6, 6.07) is 33.2. The van der Waals surface area contributed by atoms with E-state index in [4.69, 9.17) is 10.1 Å². The Labute approximate surface area is 279 Å². The van der Waals surface area contributed by atoms with Gasteiger partial charge in [0.1, 0.15) is 0 Å². The molecule has 0 aliphatic rings. The number of aliphatic hydroxyl groups excluding tert-OH is 1. The number of aliphatic hydroxyl groups is 1. The van der Waals surface area contributed by atoms with Crippen LogP contribution >= 0.6 is 0 Å². The van der Waals surface area contributed by atoms with Gasteiger partial charge in [-0.05, 0) is 87.6 Å². The Kier molecular flexibility index (Phi) is 10.6. The number of allylic oxidation sites excluding steroid dienone is 2. The number of hydrogen-bond donors (Lipinski definition) is 1. The van der Waals surface area contributed by atoms with E-state index in [1.165, 1.54) is 26.0 Å². The van der Waals surface area contributed by atoms with Gasteiger partial charge < -0.3 is 10.1 Å². The van der Waals surface area contributed by atoms with Crippen LogP contribution in [0.5, 0.6) is 0 Å². The molecule has 0 unspecified atom stereocenters. The minimum atomic E-state index is -4.46. The van der Waals surface area contributed by atoms with E-state index in [2.05, 4.69) is 6.07 Å². The molecule has 5 aromatic carbocycles. The second-order valence-corrected chi connectivity index (χ2v) is 11.0. The molecule has 6 rings (SSSR count). The number of ketones is 1. The number of benzene rings is 5. The summed E-state index contributed by atoms with van der Waals surface area (Å²) in [5.74, 6) is -0.0625. The van der Waals surface area contributed by atoms with Crippen molar-refractivity contribution < 1.29 is 43.2 Å². The number of carbonyl (C=O) groups excluding carboxylic acids is 1. The smallest absolute Gasteiger partial charge is 0.416 e. The van der Waals surface area contributed by atoms with Crippen LogP contribution in [-0.2, 0) is 31.1 Å². The zero-order valence-electron chi connectivity index (χ0n) is 25.7. The van der Waals surface area contributed by atoms with Crippen LogP contribution in [-0.4, -0.2) is 15.9 Å². The molecule has 6 aromatic rings. The van der Waals surface area contributed by atoms with Crippen LogP contribution in [0.2, 0.25) is 0 Å². The molecule has 0 aliphatic carbocycles. The summed E-state index contributed by atoms with van der Waals surface area (Å²) in [5, 5.41) is 11.4. The SMILES string of the molecule is CC(=O)/C=C(/C)O.Cc1[c-]c(-c2nccc3cc(-c4ccccc4-c4ccccc4)c4cc(C(F)(F)F)ccc4c23)cc(C)c1.[Ir]. The van der Waals surface area contributed by atoms with Gasteiger partial charge in [-0.1, -0.05) is 74.5 Å². The number of nitrogens with zero attached hydrogens (tertiary/aromatic N) is 1. The molecule has 0 spiro atoms. The molecule has 1 radical (unpaired) electrons. The molecule has 1 aromatic heterocycles. The first-order valence-electron chi connectivity index (χ1n) is 14.4. The molecule has 46 heavy (non-hydrogen) atoms. The minimum Gasteiger partial charge on any atom is -0.512 e. The maximum atomic E-state index is 13.9. The summed E-state index contributed by atoms with van der Waals surface area (Å²) in [6.45, 7) is 6.84. The van der Waals surface area contributed by atoms with Gasteiger partial charge in [0, 0.05) is 32.4 Å². The van der Waals surface area contributed by atoms with E-state index >= 15 is 0 Å². The average Bonchev–Trinajstić information content (AvgIpc) is 2.99. The monoisotopic (exact) mass is 795 g/mol. The first-order chi connectivity index (χ1) is 21.4. The third-order valence-electron chi connectivity index (χ3n) is 7.31. The zero-order valence-corrected chi connectivity index (χ0v) is 28.1. The molecule has 7 heteroatoms. The fourth-order valence-electron chi connectivity index (χ4n) is 5.61. The van der Waals surface area contributed by atoms with Crippen molar-refractivity contribution in [2.45, 2.75) is 33.9 Å². The first kappa shape index (κ1) is 34.3. The Balaban J connectivity index is 0.000000542. The Morgan fingerprint density at radius 2 is 1.48 bits per heavy atom. The maximum absolute atomic E-state index is 13.9. The summed E-state index contributed by atoms with van der Waals surface area (Å²) in [6.07, 6.45) is -1.54. The van der Waals surface area contributed by atoms with Gasteiger partial charge in [0.25, 0.3) is 0 Å². The van der Waals surface area contributed by atoms with E-state index in [9.17, 15) is 18.0 Å². The molecule has 235 valence electrons. The van der Waals surface area contributed by atoms with E-state index in [1.54, 1.807) is 12.3 Å². The van der Waals surface area contributed by atoms with Crippen molar-refractivity contribution in [3.8, 4) is 33.5 Å². The normalized spacial score (nSPS) is 11.5. The zero-order chi connectivity index (χ0) is 32.3. The fourth-order valence-corrected chi connectivity index (χ4v) is 5.61. The standard InChI is InChI=1S/C34H23F3N.C5H8O2.Ir/c1-21-16-22(2)18-25(17-21)33-32-24(14-15-38-33)19-30(31-20-26(34(35,36)37)12-13-29(31)32)28-11-7-6-10-27(28)23-8-4-3-5-9-23;1-4(6)3-5(2)7;/h3-17,19-20H,1-2H3;3,6H,1-2H3;/q-1;;/b;4-3-;. The third kappa shape index (κ3) is 7.61. The number of hydrogen-bond acceptors (Lipinski definition) is 3. The summed E-state index contributed by atoms with van der Waals surface area (Å²) < 4.78 is 41.8. The van der Waals surface area contributed by atoms with E-state index in [-0.39, 0.29) is 31.6 Å². The minimum absolute atomic E-state index is 0. The quantitative estimate of drug-likeness (QED) is 0.0837. The van der Waals surface area contributed by atoms with Crippen LogP contribution in [0.15, 0.2) is 115 Å². The van der Waals surface area contributed by atoms with Gasteiger partial charge in [0.2, 0.25) is 0 Å². The van der Waals surface area contributed by atoms with Crippen molar-refractivity contribution >= 4 is 27.3 Å². The molecule has 0 bridgehead atoms. The first-order valence-corrected chi connectivity index (χ1v) is 14.4. The van der Waals surface area contributed by atoms with Gasteiger partial charge in [0.05, 0.1) is 11.3 Å². The topological polar surface area (TPSA) is 50.2 Å². The van der Waals surface area contributed by atoms with Crippen LogP contribution in [0.25, 0.3) is 55.1 Å². The average molecular weight is 795 g/mol. The van der Waals surface area contributed by atoms with Gasteiger partial charge >= 0.3 is 6.18 Å². The van der Waals surface area contributed by atoms with Crippen molar-refractivity contribution in [3.05, 3.63) is 138 Å². The fraction of sp³-hybridized carbons (Fsp3) is 0.128. The van der Waals surface area contributed by atoms with Crippen LogP contribution in [0.1, 0.15) is 30.5 Å². The molecule has 1 N–H and O–H groups in total. The van der Waals surface area contributed by atoms with Gasteiger partial charge in [-0.3, -0.25) is 4.79 Å². The second kappa shape index (κ2) is 14.2. The molecule has 0 aliphatic heterocycles. The number of halogens is 3. The van der Waals surface area contributed by atoms with Gasteiger partial charge in [-0.25, -0.2) is 0 Å². The van der Waals surface area contributed by atoms with Crippen molar-refractivity contribution in [1.29, 1.82) is 0 Å².